The number of aromatic nitrogens is 2. The first-order valence-corrected chi connectivity index (χ1v) is 6.78. The Morgan fingerprint density at radius 1 is 1.21 bits per heavy atom. The van der Waals surface area contributed by atoms with Gasteiger partial charge in [-0.05, 0) is 37.5 Å². The molecule has 3 rings (SSSR count). The van der Waals surface area contributed by atoms with Crippen molar-refractivity contribution >= 4 is 0 Å². The van der Waals surface area contributed by atoms with E-state index < -0.39 is 0 Å². The maximum absolute atomic E-state index is 5.87. The molecule has 2 unspecified atom stereocenters. The molecule has 4 heteroatoms. The molecule has 0 saturated heterocycles. The summed E-state index contributed by atoms with van der Waals surface area (Å²) in [4.78, 5) is 0. The Morgan fingerprint density at radius 3 is 2.79 bits per heavy atom. The van der Waals surface area contributed by atoms with Crippen molar-refractivity contribution in [2.75, 3.05) is 0 Å². The number of ether oxygens (including phenoxy) is 1. The van der Waals surface area contributed by atoms with Crippen molar-refractivity contribution < 1.29 is 4.74 Å². The van der Waals surface area contributed by atoms with Gasteiger partial charge in [-0.3, -0.25) is 0 Å². The van der Waals surface area contributed by atoms with E-state index in [1.807, 2.05) is 47.3 Å². The average molecular weight is 257 g/mol. The van der Waals surface area contributed by atoms with E-state index in [9.17, 15) is 0 Å². The Hall–Kier alpha value is -1.65. The largest absolute Gasteiger partial charge is 0.372 e. The summed E-state index contributed by atoms with van der Waals surface area (Å²) in [5, 5.41) is 4.52. The molecule has 2 N–H and O–H groups in total. The Balaban J connectivity index is 1.59. The van der Waals surface area contributed by atoms with E-state index in [2.05, 4.69) is 5.10 Å². The highest BCUT2D eigenvalue weighted by Crippen LogP contribution is 2.21. The Bertz CT molecular complexity index is 523. The highest BCUT2D eigenvalue weighted by atomic mass is 16.5. The second-order valence-electron chi connectivity index (χ2n) is 5.09. The van der Waals surface area contributed by atoms with Crippen LogP contribution in [0.25, 0.3) is 5.69 Å². The van der Waals surface area contributed by atoms with Gasteiger partial charge in [-0.25, -0.2) is 4.68 Å². The summed E-state index contributed by atoms with van der Waals surface area (Å²) < 4.78 is 7.73. The van der Waals surface area contributed by atoms with Gasteiger partial charge in [0.25, 0.3) is 0 Å². The van der Waals surface area contributed by atoms with Crippen LogP contribution in [0.15, 0.2) is 42.6 Å². The summed E-state index contributed by atoms with van der Waals surface area (Å²) in [6.45, 7) is 0.567. The molecule has 0 radical (unpaired) electrons. The molecule has 1 saturated carbocycles. The molecule has 0 aliphatic heterocycles. The molecule has 0 amide bonds. The number of hydrogen-bond acceptors (Lipinski definition) is 3. The van der Waals surface area contributed by atoms with Crippen LogP contribution in [0.5, 0.6) is 0 Å². The van der Waals surface area contributed by atoms with Crippen molar-refractivity contribution in [3.63, 3.8) is 0 Å². The topological polar surface area (TPSA) is 53.1 Å². The van der Waals surface area contributed by atoms with E-state index in [-0.39, 0.29) is 0 Å². The van der Waals surface area contributed by atoms with E-state index >= 15 is 0 Å². The first-order chi connectivity index (χ1) is 9.31. The van der Waals surface area contributed by atoms with E-state index in [4.69, 9.17) is 10.5 Å². The predicted molar refractivity (Wildman–Crippen MR) is 74.0 cm³/mol. The number of para-hydroxylation sites is 1. The van der Waals surface area contributed by atoms with Crippen molar-refractivity contribution in [2.24, 2.45) is 5.73 Å². The van der Waals surface area contributed by atoms with Crippen LogP contribution in [-0.4, -0.2) is 21.9 Å². The molecule has 0 bridgehead atoms. The molecule has 19 heavy (non-hydrogen) atoms. The molecule has 1 heterocycles. The van der Waals surface area contributed by atoms with Gasteiger partial charge in [-0.2, -0.15) is 5.10 Å². The summed E-state index contributed by atoms with van der Waals surface area (Å²) in [6.07, 6.45) is 5.38. The maximum Gasteiger partial charge on any atom is 0.0910 e. The van der Waals surface area contributed by atoms with Gasteiger partial charge in [0.1, 0.15) is 0 Å². The predicted octanol–water partition coefficient (Wildman–Crippen LogP) is 2.27. The fourth-order valence-corrected chi connectivity index (χ4v) is 2.49. The standard InChI is InChI=1S/C15H19N3O/c16-12-6-7-15(10-12)19-11-13-8-9-18(17-13)14-4-2-1-3-5-14/h1-5,8-9,12,15H,6-7,10-11,16H2. The molecular formula is C15H19N3O. The van der Waals surface area contributed by atoms with Crippen molar-refractivity contribution in [3.05, 3.63) is 48.3 Å². The molecule has 1 aromatic heterocycles. The zero-order chi connectivity index (χ0) is 13.1. The van der Waals surface area contributed by atoms with Crippen LogP contribution < -0.4 is 5.73 Å². The highest BCUT2D eigenvalue weighted by Gasteiger charge is 2.22. The van der Waals surface area contributed by atoms with Crippen molar-refractivity contribution in [2.45, 2.75) is 38.0 Å². The van der Waals surface area contributed by atoms with E-state index in [1.165, 1.54) is 0 Å². The van der Waals surface area contributed by atoms with Gasteiger partial charge in [0.05, 0.1) is 24.1 Å². The van der Waals surface area contributed by atoms with Gasteiger partial charge in [-0.15, -0.1) is 0 Å². The van der Waals surface area contributed by atoms with Gasteiger partial charge in [-0.1, -0.05) is 18.2 Å². The van der Waals surface area contributed by atoms with Crippen molar-refractivity contribution in [3.8, 4) is 5.69 Å². The lowest BCUT2D eigenvalue weighted by atomic mass is 10.3. The lowest BCUT2D eigenvalue weighted by Gasteiger charge is -2.09. The third kappa shape index (κ3) is 3.03. The fraction of sp³-hybridized carbons (Fsp3) is 0.400. The van der Waals surface area contributed by atoms with E-state index in [0.717, 1.165) is 30.6 Å². The first-order valence-electron chi connectivity index (χ1n) is 6.78. The number of hydrogen-bond donors (Lipinski definition) is 1. The minimum Gasteiger partial charge on any atom is -0.372 e. The molecule has 100 valence electrons. The van der Waals surface area contributed by atoms with E-state index in [1.54, 1.807) is 0 Å². The molecule has 1 aromatic carbocycles. The second kappa shape index (κ2) is 5.55. The zero-order valence-electron chi connectivity index (χ0n) is 10.9. The summed E-state index contributed by atoms with van der Waals surface area (Å²) in [6, 6.07) is 12.4. The van der Waals surface area contributed by atoms with Gasteiger partial charge >= 0.3 is 0 Å². The average Bonchev–Trinajstić information content (AvgIpc) is 3.06. The van der Waals surface area contributed by atoms with E-state index in [0.29, 0.717) is 18.8 Å². The smallest absolute Gasteiger partial charge is 0.0910 e. The maximum atomic E-state index is 5.87. The Morgan fingerprint density at radius 2 is 2.05 bits per heavy atom. The van der Waals surface area contributed by atoms with Gasteiger partial charge in [0, 0.05) is 12.2 Å². The van der Waals surface area contributed by atoms with Gasteiger partial charge in [0.2, 0.25) is 0 Å². The summed E-state index contributed by atoms with van der Waals surface area (Å²) in [5.41, 5.74) is 7.90. The third-order valence-electron chi connectivity index (χ3n) is 3.56. The van der Waals surface area contributed by atoms with Crippen LogP contribution in [-0.2, 0) is 11.3 Å². The minimum absolute atomic E-state index is 0.303. The lowest BCUT2D eigenvalue weighted by Crippen LogP contribution is -2.17. The lowest BCUT2D eigenvalue weighted by molar-refractivity contribution is 0.0428. The molecule has 2 atom stereocenters. The summed E-state index contributed by atoms with van der Waals surface area (Å²) in [5.74, 6) is 0. The molecule has 1 aliphatic carbocycles. The third-order valence-corrected chi connectivity index (χ3v) is 3.56. The van der Waals surface area contributed by atoms with Crippen LogP contribution in [0.2, 0.25) is 0 Å². The molecule has 1 fully saturated rings. The second-order valence-corrected chi connectivity index (χ2v) is 5.09. The highest BCUT2D eigenvalue weighted by molar-refractivity contribution is 5.30. The van der Waals surface area contributed by atoms with Crippen molar-refractivity contribution in [1.82, 2.24) is 9.78 Å². The van der Waals surface area contributed by atoms with Gasteiger partial charge in [0.15, 0.2) is 0 Å². The SMILES string of the molecule is NC1CCC(OCc2ccn(-c3ccccc3)n2)C1. The molecule has 1 aliphatic rings. The molecular weight excluding hydrogens is 238 g/mol. The first kappa shape index (κ1) is 12.4. The van der Waals surface area contributed by atoms with Crippen LogP contribution >= 0.6 is 0 Å². The fourth-order valence-electron chi connectivity index (χ4n) is 2.49. The molecule has 0 spiro atoms. The van der Waals surface area contributed by atoms with Gasteiger partial charge < -0.3 is 10.5 Å². The zero-order valence-corrected chi connectivity index (χ0v) is 10.9. The Kier molecular flexibility index (Phi) is 3.62. The van der Waals surface area contributed by atoms with Crippen LogP contribution in [0.1, 0.15) is 25.0 Å². The van der Waals surface area contributed by atoms with Crippen molar-refractivity contribution in [1.29, 1.82) is 0 Å². The Labute approximate surface area is 113 Å². The van der Waals surface area contributed by atoms with Crippen LogP contribution in [0, 0.1) is 0 Å². The van der Waals surface area contributed by atoms with Crippen LogP contribution in [0.3, 0.4) is 0 Å². The molecule has 4 nitrogen and oxygen atoms in total. The number of rotatable bonds is 4. The number of nitrogens with zero attached hydrogens (tertiary/aromatic N) is 2. The summed E-state index contributed by atoms with van der Waals surface area (Å²) >= 11 is 0. The van der Waals surface area contributed by atoms with Crippen LogP contribution in [0.4, 0.5) is 0 Å². The quantitative estimate of drug-likeness (QED) is 0.914. The number of benzene rings is 1. The summed E-state index contributed by atoms with van der Waals surface area (Å²) in [7, 11) is 0. The monoisotopic (exact) mass is 257 g/mol. The molecule has 2 aromatic rings. The normalized spacial score (nSPS) is 22.8. The number of nitrogens with two attached hydrogens (primary N) is 1. The minimum atomic E-state index is 0.303.